The lowest BCUT2D eigenvalue weighted by Crippen LogP contribution is -2.21. The van der Waals surface area contributed by atoms with Gasteiger partial charge in [0.2, 0.25) is 0 Å². The molecule has 0 spiro atoms. The predicted molar refractivity (Wildman–Crippen MR) is 65.9 cm³/mol. The van der Waals surface area contributed by atoms with Crippen LogP contribution in [0.1, 0.15) is 24.8 Å². The van der Waals surface area contributed by atoms with Crippen LogP contribution in [0.15, 0.2) is 15.2 Å². The molecule has 0 radical (unpaired) electrons. The molecule has 0 saturated carbocycles. The zero-order chi connectivity index (χ0) is 9.80. The van der Waals surface area contributed by atoms with Crippen LogP contribution in [0.3, 0.4) is 0 Å². The van der Waals surface area contributed by atoms with E-state index in [1.165, 1.54) is 48.1 Å². The number of hydrogen-bond donors (Lipinski definition) is 1. The van der Waals surface area contributed by atoms with Gasteiger partial charge in [0.1, 0.15) is 0 Å². The summed E-state index contributed by atoms with van der Waals surface area (Å²) in [6.45, 7) is 2.41. The Hall–Kier alpha value is 0.140. The SMILES string of the molecule is Brc1sccc1CC1CCCCNC1. The van der Waals surface area contributed by atoms with Gasteiger partial charge in [-0.25, -0.2) is 0 Å². The van der Waals surface area contributed by atoms with Crippen molar-refractivity contribution in [1.82, 2.24) is 5.32 Å². The second kappa shape index (κ2) is 5.29. The lowest BCUT2D eigenvalue weighted by atomic mass is 9.97. The van der Waals surface area contributed by atoms with Crippen molar-refractivity contribution >= 4 is 27.3 Å². The van der Waals surface area contributed by atoms with E-state index >= 15 is 0 Å². The third-order valence-electron chi connectivity index (χ3n) is 2.85. The Morgan fingerprint density at radius 1 is 1.50 bits per heavy atom. The molecule has 1 unspecified atom stereocenters. The summed E-state index contributed by atoms with van der Waals surface area (Å²) in [4.78, 5) is 0. The molecule has 78 valence electrons. The Kier molecular flexibility index (Phi) is 4.02. The Bertz CT molecular complexity index is 277. The highest BCUT2D eigenvalue weighted by Gasteiger charge is 2.14. The molecule has 1 nitrogen and oxygen atoms in total. The molecule has 0 amide bonds. The largest absolute Gasteiger partial charge is 0.316 e. The quantitative estimate of drug-likeness (QED) is 0.871. The van der Waals surface area contributed by atoms with Crippen LogP contribution in [0.2, 0.25) is 0 Å². The number of hydrogen-bond acceptors (Lipinski definition) is 2. The van der Waals surface area contributed by atoms with E-state index in [0.29, 0.717) is 0 Å². The average Bonchev–Trinajstić information content (AvgIpc) is 2.44. The normalized spacial score (nSPS) is 23.4. The highest BCUT2D eigenvalue weighted by molar-refractivity contribution is 9.11. The molecule has 0 aliphatic carbocycles. The van der Waals surface area contributed by atoms with Crippen molar-refractivity contribution in [2.75, 3.05) is 13.1 Å². The fraction of sp³-hybridized carbons (Fsp3) is 0.636. The number of thiophene rings is 1. The van der Waals surface area contributed by atoms with Gasteiger partial charge in [-0.3, -0.25) is 0 Å². The Morgan fingerprint density at radius 3 is 3.21 bits per heavy atom. The molecule has 2 rings (SSSR count). The molecule has 1 N–H and O–H groups in total. The van der Waals surface area contributed by atoms with Crippen LogP contribution >= 0.6 is 27.3 Å². The van der Waals surface area contributed by atoms with E-state index in [4.69, 9.17) is 0 Å². The van der Waals surface area contributed by atoms with Crippen LogP contribution in [-0.4, -0.2) is 13.1 Å². The molecule has 2 heterocycles. The highest BCUT2D eigenvalue weighted by Crippen LogP contribution is 2.27. The van der Waals surface area contributed by atoms with E-state index in [0.717, 1.165) is 5.92 Å². The minimum Gasteiger partial charge on any atom is -0.316 e. The van der Waals surface area contributed by atoms with Crippen LogP contribution in [-0.2, 0) is 6.42 Å². The van der Waals surface area contributed by atoms with Crippen LogP contribution < -0.4 is 5.32 Å². The minimum absolute atomic E-state index is 0.836. The van der Waals surface area contributed by atoms with Crippen LogP contribution in [0.5, 0.6) is 0 Å². The standard InChI is InChI=1S/C11H16BrNS/c12-11-10(4-6-14-11)7-9-3-1-2-5-13-8-9/h4,6,9,13H,1-3,5,7-8H2. The molecule has 1 atom stereocenters. The molecule has 1 aromatic heterocycles. The Labute approximate surface area is 98.0 Å². The van der Waals surface area contributed by atoms with Crippen molar-refractivity contribution < 1.29 is 0 Å². The monoisotopic (exact) mass is 273 g/mol. The summed E-state index contributed by atoms with van der Waals surface area (Å²) < 4.78 is 1.32. The third kappa shape index (κ3) is 2.81. The van der Waals surface area contributed by atoms with Crippen molar-refractivity contribution in [1.29, 1.82) is 0 Å². The smallest absolute Gasteiger partial charge is 0.0730 e. The maximum atomic E-state index is 3.61. The third-order valence-corrected chi connectivity index (χ3v) is 4.66. The first-order valence-corrected chi connectivity index (χ1v) is 6.96. The van der Waals surface area contributed by atoms with Gasteiger partial charge in [0, 0.05) is 0 Å². The molecule has 1 saturated heterocycles. The summed E-state index contributed by atoms with van der Waals surface area (Å²) in [5.41, 5.74) is 1.49. The van der Waals surface area contributed by atoms with Gasteiger partial charge < -0.3 is 5.32 Å². The second-order valence-corrected chi connectivity index (χ2v) is 6.22. The van der Waals surface area contributed by atoms with Gasteiger partial charge in [0.25, 0.3) is 0 Å². The molecule has 1 aliphatic rings. The summed E-state index contributed by atoms with van der Waals surface area (Å²) in [5, 5.41) is 5.69. The molecule has 1 aromatic rings. The molecule has 1 fully saturated rings. The van der Waals surface area contributed by atoms with E-state index in [9.17, 15) is 0 Å². The van der Waals surface area contributed by atoms with E-state index in [1.807, 2.05) is 0 Å². The summed E-state index contributed by atoms with van der Waals surface area (Å²) in [6.07, 6.45) is 5.35. The number of nitrogens with one attached hydrogen (secondary N) is 1. The topological polar surface area (TPSA) is 12.0 Å². The predicted octanol–water partition coefficient (Wildman–Crippen LogP) is 3.44. The van der Waals surface area contributed by atoms with Gasteiger partial charge in [-0.15, -0.1) is 11.3 Å². The van der Waals surface area contributed by atoms with Crippen molar-refractivity contribution in [2.45, 2.75) is 25.7 Å². The van der Waals surface area contributed by atoms with Crippen molar-refractivity contribution in [3.8, 4) is 0 Å². The van der Waals surface area contributed by atoms with Gasteiger partial charge in [0.15, 0.2) is 0 Å². The van der Waals surface area contributed by atoms with Gasteiger partial charge in [0.05, 0.1) is 3.79 Å². The van der Waals surface area contributed by atoms with Crippen LogP contribution in [0, 0.1) is 5.92 Å². The Morgan fingerprint density at radius 2 is 2.43 bits per heavy atom. The highest BCUT2D eigenvalue weighted by atomic mass is 79.9. The van der Waals surface area contributed by atoms with E-state index in [-0.39, 0.29) is 0 Å². The lowest BCUT2D eigenvalue weighted by Gasteiger charge is -2.13. The molecule has 1 aliphatic heterocycles. The van der Waals surface area contributed by atoms with Crippen LogP contribution in [0.25, 0.3) is 0 Å². The zero-order valence-electron chi connectivity index (χ0n) is 8.26. The summed E-state index contributed by atoms with van der Waals surface area (Å²) in [6, 6.07) is 2.25. The molecular weight excluding hydrogens is 258 g/mol. The first-order valence-electron chi connectivity index (χ1n) is 5.29. The molecular formula is C11H16BrNS. The zero-order valence-corrected chi connectivity index (χ0v) is 10.7. The second-order valence-electron chi connectivity index (χ2n) is 3.99. The van der Waals surface area contributed by atoms with E-state index in [1.54, 1.807) is 11.3 Å². The number of rotatable bonds is 2. The maximum Gasteiger partial charge on any atom is 0.0730 e. The molecule has 0 aromatic carbocycles. The fourth-order valence-corrected chi connectivity index (χ4v) is 3.31. The van der Waals surface area contributed by atoms with Crippen molar-refractivity contribution in [3.05, 3.63) is 20.8 Å². The minimum atomic E-state index is 0.836. The van der Waals surface area contributed by atoms with Crippen LogP contribution in [0.4, 0.5) is 0 Å². The van der Waals surface area contributed by atoms with Gasteiger partial charge in [-0.2, -0.15) is 0 Å². The molecule has 0 bridgehead atoms. The van der Waals surface area contributed by atoms with Gasteiger partial charge in [-0.1, -0.05) is 6.42 Å². The average molecular weight is 274 g/mol. The van der Waals surface area contributed by atoms with Gasteiger partial charge >= 0.3 is 0 Å². The summed E-state index contributed by atoms with van der Waals surface area (Å²) in [7, 11) is 0. The first-order chi connectivity index (χ1) is 6.86. The lowest BCUT2D eigenvalue weighted by molar-refractivity contribution is 0.477. The summed E-state index contributed by atoms with van der Waals surface area (Å²) >= 11 is 5.41. The molecule has 3 heteroatoms. The Balaban J connectivity index is 1.92. The number of halogens is 1. The summed E-state index contributed by atoms with van der Waals surface area (Å²) in [5.74, 6) is 0.836. The van der Waals surface area contributed by atoms with Crippen molar-refractivity contribution in [2.24, 2.45) is 5.92 Å². The van der Waals surface area contributed by atoms with E-state index in [2.05, 4.69) is 32.7 Å². The fourth-order valence-electron chi connectivity index (χ4n) is 2.04. The van der Waals surface area contributed by atoms with Crippen molar-refractivity contribution in [3.63, 3.8) is 0 Å². The van der Waals surface area contributed by atoms with E-state index < -0.39 is 0 Å². The maximum absolute atomic E-state index is 3.61. The molecule has 14 heavy (non-hydrogen) atoms. The van der Waals surface area contributed by atoms with Gasteiger partial charge in [-0.05, 0) is 71.2 Å². The first kappa shape index (κ1) is 10.7.